The molecule has 0 amide bonds. The van der Waals surface area contributed by atoms with Crippen molar-refractivity contribution in [3.63, 3.8) is 0 Å². The molecular formula is C23H29NO2S. The summed E-state index contributed by atoms with van der Waals surface area (Å²) in [5.74, 6) is 2.30. The maximum absolute atomic E-state index is 5.79. The van der Waals surface area contributed by atoms with Crippen molar-refractivity contribution in [2.75, 3.05) is 26.3 Å². The number of likely N-dealkylation sites (tertiary alicyclic amines) is 1. The van der Waals surface area contributed by atoms with Gasteiger partial charge < -0.3 is 14.4 Å². The molecule has 1 fully saturated rings. The van der Waals surface area contributed by atoms with Crippen LogP contribution in [-0.2, 0) is 6.42 Å². The summed E-state index contributed by atoms with van der Waals surface area (Å²) in [6.45, 7) is 7.24. The van der Waals surface area contributed by atoms with Gasteiger partial charge in [0.1, 0.15) is 4.99 Å². The summed E-state index contributed by atoms with van der Waals surface area (Å²) in [7, 11) is 0. The van der Waals surface area contributed by atoms with Gasteiger partial charge in [0, 0.05) is 18.7 Å². The largest absolute Gasteiger partial charge is 0.490 e. The molecule has 0 atom stereocenters. The van der Waals surface area contributed by atoms with Crippen LogP contribution in [-0.4, -0.2) is 36.2 Å². The molecule has 0 N–H and O–H groups in total. The van der Waals surface area contributed by atoms with Crippen LogP contribution in [0.4, 0.5) is 0 Å². The number of benzene rings is 2. The van der Waals surface area contributed by atoms with Crippen molar-refractivity contribution in [3.8, 4) is 11.5 Å². The van der Waals surface area contributed by atoms with Gasteiger partial charge in [-0.3, -0.25) is 0 Å². The summed E-state index contributed by atoms with van der Waals surface area (Å²) in [6.07, 6.45) is 3.54. The second-order valence-electron chi connectivity index (χ2n) is 6.95. The number of ether oxygens (including phenoxy) is 2. The van der Waals surface area contributed by atoms with Crippen LogP contribution in [0.15, 0.2) is 48.5 Å². The third-order valence-corrected chi connectivity index (χ3v) is 5.55. The maximum atomic E-state index is 5.79. The summed E-state index contributed by atoms with van der Waals surface area (Å²) < 4.78 is 11.4. The zero-order chi connectivity index (χ0) is 19.1. The highest BCUT2D eigenvalue weighted by Crippen LogP contribution is 2.30. The minimum Gasteiger partial charge on any atom is -0.490 e. The van der Waals surface area contributed by atoms with Gasteiger partial charge in [-0.25, -0.2) is 0 Å². The van der Waals surface area contributed by atoms with Crippen molar-refractivity contribution in [2.45, 2.75) is 33.1 Å². The lowest BCUT2D eigenvalue weighted by Crippen LogP contribution is -2.38. The molecule has 1 saturated heterocycles. The number of thiocarbonyl (C=S) groups is 1. The lowest BCUT2D eigenvalue weighted by molar-refractivity contribution is 0.268. The van der Waals surface area contributed by atoms with E-state index in [-0.39, 0.29) is 0 Å². The second kappa shape index (κ2) is 9.75. The van der Waals surface area contributed by atoms with E-state index in [1.807, 2.05) is 32.0 Å². The Bertz CT molecular complexity index is 739. The molecule has 4 heteroatoms. The van der Waals surface area contributed by atoms with Gasteiger partial charge in [0.25, 0.3) is 0 Å². The highest BCUT2D eigenvalue weighted by Gasteiger charge is 2.22. The molecule has 3 rings (SSSR count). The molecule has 1 heterocycles. The van der Waals surface area contributed by atoms with E-state index in [1.165, 1.54) is 24.8 Å². The van der Waals surface area contributed by atoms with Gasteiger partial charge in [-0.05, 0) is 62.8 Å². The average Bonchev–Trinajstić information content (AvgIpc) is 2.70. The summed E-state index contributed by atoms with van der Waals surface area (Å²) in [5.41, 5.74) is 2.48. The predicted octanol–water partition coefficient (Wildman–Crippen LogP) is 5.11. The molecule has 0 radical (unpaired) electrons. The number of rotatable bonds is 7. The van der Waals surface area contributed by atoms with Crippen LogP contribution in [0.25, 0.3) is 0 Å². The molecule has 27 heavy (non-hydrogen) atoms. The Kier molecular flexibility index (Phi) is 7.11. The molecule has 1 aliphatic rings. The average molecular weight is 384 g/mol. The predicted molar refractivity (Wildman–Crippen MR) is 115 cm³/mol. The van der Waals surface area contributed by atoms with Crippen molar-refractivity contribution in [1.29, 1.82) is 0 Å². The standard InChI is InChI=1S/C23H29NO2S/c1-3-25-21-11-10-20(17-22(21)26-4-2)23(27)24-14-12-19(13-15-24)16-18-8-6-5-7-9-18/h5-11,17,19H,3-4,12-16H2,1-2H3. The Morgan fingerprint density at radius 3 is 2.30 bits per heavy atom. The third kappa shape index (κ3) is 5.23. The van der Waals surface area contributed by atoms with Gasteiger partial charge in [-0.15, -0.1) is 0 Å². The fourth-order valence-electron chi connectivity index (χ4n) is 3.65. The van der Waals surface area contributed by atoms with E-state index in [1.54, 1.807) is 0 Å². The molecule has 2 aromatic carbocycles. The van der Waals surface area contributed by atoms with Crippen LogP contribution in [0.3, 0.4) is 0 Å². The first-order valence-electron chi connectivity index (χ1n) is 9.94. The highest BCUT2D eigenvalue weighted by atomic mass is 32.1. The Morgan fingerprint density at radius 2 is 1.63 bits per heavy atom. The fourth-order valence-corrected chi connectivity index (χ4v) is 3.96. The quantitative estimate of drug-likeness (QED) is 0.619. The van der Waals surface area contributed by atoms with Crippen LogP contribution < -0.4 is 9.47 Å². The van der Waals surface area contributed by atoms with Crippen molar-refractivity contribution in [1.82, 2.24) is 4.90 Å². The Balaban J connectivity index is 1.61. The van der Waals surface area contributed by atoms with Gasteiger partial charge in [-0.1, -0.05) is 42.5 Å². The molecule has 0 aromatic heterocycles. The van der Waals surface area contributed by atoms with E-state index >= 15 is 0 Å². The highest BCUT2D eigenvalue weighted by molar-refractivity contribution is 7.80. The number of hydrogen-bond donors (Lipinski definition) is 0. The maximum Gasteiger partial charge on any atom is 0.161 e. The fraction of sp³-hybridized carbons (Fsp3) is 0.435. The molecule has 0 unspecified atom stereocenters. The molecule has 0 bridgehead atoms. The Hall–Kier alpha value is -2.07. The summed E-state index contributed by atoms with van der Waals surface area (Å²) in [4.78, 5) is 3.25. The first-order valence-corrected chi connectivity index (χ1v) is 10.3. The van der Waals surface area contributed by atoms with E-state index in [0.29, 0.717) is 13.2 Å². The lowest BCUT2D eigenvalue weighted by atomic mass is 9.90. The van der Waals surface area contributed by atoms with Crippen LogP contribution in [0.5, 0.6) is 11.5 Å². The second-order valence-corrected chi connectivity index (χ2v) is 7.34. The molecule has 0 saturated carbocycles. The monoisotopic (exact) mass is 383 g/mol. The molecule has 2 aromatic rings. The van der Waals surface area contributed by atoms with Crippen LogP contribution in [0.1, 0.15) is 37.8 Å². The first kappa shape index (κ1) is 19.7. The minimum absolute atomic E-state index is 0.612. The third-order valence-electron chi connectivity index (χ3n) is 5.06. The number of nitrogens with zero attached hydrogens (tertiary/aromatic N) is 1. The molecule has 1 aliphatic heterocycles. The summed E-state index contributed by atoms with van der Waals surface area (Å²) in [5, 5.41) is 0. The van der Waals surface area contributed by atoms with Gasteiger partial charge in [0.15, 0.2) is 11.5 Å². The smallest absolute Gasteiger partial charge is 0.161 e. The van der Waals surface area contributed by atoms with E-state index in [0.717, 1.165) is 41.1 Å². The van der Waals surface area contributed by atoms with Gasteiger partial charge >= 0.3 is 0 Å². The Morgan fingerprint density at radius 1 is 0.963 bits per heavy atom. The Labute approximate surface area is 168 Å². The zero-order valence-electron chi connectivity index (χ0n) is 16.3. The van der Waals surface area contributed by atoms with E-state index in [2.05, 4.69) is 35.2 Å². The van der Waals surface area contributed by atoms with E-state index in [4.69, 9.17) is 21.7 Å². The van der Waals surface area contributed by atoms with Crippen molar-refractivity contribution >= 4 is 17.2 Å². The van der Waals surface area contributed by atoms with E-state index < -0.39 is 0 Å². The minimum atomic E-state index is 0.612. The number of piperidine rings is 1. The molecule has 144 valence electrons. The SMILES string of the molecule is CCOc1ccc(C(=S)N2CCC(Cc3ccccc3)CC2)cc1OCC. The zero-order valence-corrected chi connectivity index (χ0v) is 17.1. The van der Waals surface area contributed by atoms with Gasteiger partial charge in [0.2, 0.25) is 0 Å². The van der Waals surface area contributed by atoms with Crippen molar-refractivity contribution in [2.24, 2.45) is 5.92 Å². The van der Waals surface area contributed by atoms with Crippen molar-refractivity contribution in [3.05, 3.63) is 59.7 Å². The lowest BCUT2D eigenvalue weighted by Gasteiger charge is -2.34. The first-order chi connectivity index (χ1) is 13.2. The summed E-state index contributed by atoms with van der Waals surface area (Å²) >= 11 is 5.79. The van der Waals surface area contributed by atoms with Crippen LogP contribution >= 0.6 is 12.2 Å². The topological polar surface area (TPSA) is 21.7 Å². The molecular weight excluding hydrogens is 354 g/mol. The van der Waals surface area contributed by atoms with Crippen molar-refractivity contribution < 1.29 is 9.47 Å². The van der Waals surface area contributed by atoms with E-state index in [9.17, 15) is 0 Å². The molecule has 3 nitrogen and oxygen atoms in total. The summed E-state index contributed by atoms with van der Waals surface area (Å²) in [6, 6.07) is 16.8. The molecule has 0 spiro atoms. The molecule has 0 aliphatic carbocycles. The van der Waals surface area contributed by atoms with Crippen LogP contribution in [0, 0.1) is 5.92 Å². The van der Waals surface area contributed by atoms with Gasteiger partial charge in [-0.2, -0.15) is 0 Å². The van der Waals surface area contributed by atoms with Crippen LogP contribution in [0.2, 0.25) is 0 Å². The normalized spacial score (nSPS) is 14.8. The number of hydrogen-bond acceptors (Lipinski definition) is 3. The van der Waals surface area contributed by atoms with Gasteiger partial charge in [0.05, 0.1) is 13.2 Å².